The zero-order valence-corrected chi connectivity index (χ0v) is 9.92. The van der Waals surface area contributed by atoms with Crippen molar-refractivity contribution in [2.45, 2.75) is 23.3 Å². The summed E-state index contributed by atoms with van der Waals surface area (Å²) in [6.07, 6.45) is 2.64. The van der Waals surface area contributed by atoms with Crippen LogP contribution < -0.4 is 4.72 Å². The lowest BCUT2D eigenvalue weighted by Gasteiger charge is -2.14. The molecule has 0 saturated heterocycles. The fourth-order valence-electron chi connectivity index (χ4n) is 1.34. The van der Waals surface area contributed by atoms with Crippen LogP contribution >= 0.6 is 11.6 Å². The van der Waals surface area contributed by atoms with Gasteiger partial charge in [-0.15, -0.1) is 0 Å². The van der Waals surface area contributed by atoms with Gasteiger partial charge in [-0.05, 0) is 25.0 Å². The van der Waals surface area contributed by atoms with E-state index in [1.165, 1.54) is 18.3 Å². The monoisotopic (exact) mass is 262 g/mol. The second-order valence-corrected chi connectivity index (χ2v) is 5.93. The maximum atomic E-state index is 11.9. The van der Waals surface area contributed by atoms with Crippen LogP contribution in [-0.4, -0.2) is 30.7 Å². The molecule has 0 atom stereocenters. The van der Waals surface area contributed by atoms with Crippen molar-refractivity contribution in [3.05, 3.63) is 23.5 Å². The fraction of sp³-hybridized carbons (Fsp3) is 0.444. The summed E-state index contributed by atoms with van der Waals surface area (Å²) in [5.74, 6) is 0. The minimum atomic E-state index is -3.62. The molecule has 1 heterocycles. The smallest absolute Gasteiger partial charge is 0.241 e. The lowest BCUT2D eigenvalue weighted by molar-refractivity contribution is 0.246. The Morgan fingerprint density at radius 1 is 1.56 bits per heavy atom. The summed E-state index contributed by atoms with van der Waals surface area (Å²) in [5, 5.41) is 9.18. The second-order valence-electron chi connectivity index (χ2n) is 3.86. The SMILES string of the molecule is O=S(=O)(NC1(CO)CC1)c1ccnc(Cl)c1. The minimum absolute atomic E-state index is 0.0622. The van der Waals surface area contributed by atoms with Crippen molar-refractivity contribution in [1.29, 1.82) is 0 Å². The predicted octanol–water partition coefficient (Wildman–Crippen LogP) is 0.538. The van der Waals surface area contributed by atoms with E-state index in [4.69, 9.17) is 16.7 Å². The van der Waals surface area contributed by atoms with E-state index in [1.54, 1.807) is 0 Å². The van der Waals surface area contributed by atoms with Crippen molar-refractivity contribution in [3.8, 4) is 0 Å². The van der Waals surface area contributed by atoms with E-state index in [0.717, 1.165) is 0 Å². The van der Waals surface area contributed by atoms with E-state index >= 15 is 0 Å². The molecule has 0 radical (unpaired) electrons. The zero-order valence-electron chi connectivity index (χ0n) is 8.35. The average molecular weight is 263 g/mol. The summed E-state index contributed by atoms with van der Waals surface area (Å²) in [5.41, 5.74) is -0.672. The Morgan fingerprint density at radius 3 is 2.75 bits per heavy atom. The van der Waals surface area contributed by atoms with Gasteiger partial charge < -0.3 is 5.11 Å². The summed E-state index contributed by atoms with van der Waals surface area (Å²) in [6.45, 7) is -0.189. The van der Waals surface area contributed by atoms with Gasteiger partial charge in [0.2, 0.25) is 10.0 Å². The summed E-state index contributed by atoms with van der Waals surface area (Å²) in [7, 11) is -3.62. The summed E-state index contributed by atoms with van der Waals surface area (Å²) in [6, 6.07) is 2.64. The zero-order chi connectivity index (χ0) is 11.8. The quantitative estimate of drug-likeness (QED) is 0.776. The fourth-order valence-corrected chi connectivity index (χ4v) is 3.04. The summed E-state index contributed by atoms with van der Waals surface area (Å²) in [4.78, 5) is 3.77. The van der Waals surface area contributed by atoms with Gasteiger partial charge in [-0.1, -0.05) is 11.6 Å². The van der Waals surface area contributed by atoms with Crippen molar-refractivity contribution in [1.82, 2.24) is 9.71 Å². The molecule has 2 rings (SSSR count). The van der Waals surface area contributed by atoms with Crippen LogP contribution in [0.3, 0.4) is 0 Å². The van der Waals surface area contributed by atoms with Gasteiger partial charge in [0.1, 0.15) is 5.15 Å². The molecule has 1 aromatic heterocycles. The van der Waals surface area contributed by atoms with Crippen molar-refractivity contribution in [2.75, 3.05) is 6.61 Å². The van der Waals surface area contributed by atoms with E-state index in [2.05, 4.69) is 9.71 Å². The van der Waals surface area contributed by atoms with E-state index < -0.39 is 15.6 Å². The number of halogens is 1. The first kappa shape index (κ1) is 11.8. The third kappa shape index (κ3) is 2.35. The Bertz CT molecular complexity index is 499. The summed E-state index contributed by atoms with van der Waals surface area (Å²) < 4.78 is 26.3. The van der Waals surface area contributed by atoms with Gasteiger partial charge in [0.05, 0.1) is 17.0 Å². The van der Waals surface area contributed by atoms with Crippen molar-refractivity contribution < 1.29 is 13.5 Å². The van der Waals surface area contributed by atoms with Crippen LogP contribution in [0.4, 0.5) is 0 Å². The van der Waals surface area contributed by atoms with Gasteiger partial charge >= 0.3 is 0 Å². The number of rotatable bonds is 4. The number of pyridine rings is 1. The molecule has 1 aromatic rings. The molecule has 2 N–H and O–H groups in total. The van der Waals surface area contributed by atoms with Gasteiger partial charge in [-0.2, -0.15) is 0 Å². The van der Waals surface area contributed by atoms with Crippen molar-refractivity contribution in [3.63, 3.8) is 0 Å². The van der Waals surface area contributed by atoms with Gasteiger partial charge in [0.25, 0.3) is 0 Å². The largest absolute Gasteiger partial charge is 0.394 e. The molecule has 1 aliphatic carbocycles. The number of nitrogens with one attached hydrogen (secondary N) is 1. The molecule has 1 aliphatic rings. The Hall–Kier alpha value is -0.690. The Labute approximate surface area is 98.5 Å². The Kier molecular flexibility index (Phi) is 2.91. The minimum Gasteiger partial charge on any atom is -0.394 e. The van der Waals surface area contributed by atoms with Crippen LogP contribution in [0.1, 0.15) is 12.8 Å². The highest BCUT2D eigenvalue weighted by atomic mass is 35.5. The Balaban J connectivity index is 2.26. The first-order valence-corrected chi connectivity index (χ1v) is 6.60. The van der Waals surface area contributed by atoms with Gasteiger partial charge in [-0.25, -0.2) is 18.1 Å². The highest BCUT2D eigenvalue weighted by molar-refractivity contribution is 7.89. The molecule has 0 bridgehead atoms. The van der Waals surface area contributed by atoms with Crippen LogP contribution in [0.25, 0.3) is 0 Å². The van der Waals surface area contributed by atoms with Crippen LogP contribution in [0.2, 0.25) is 5.15 Å². The topological polar surface area (TPSA) is 79.3 Å². The number of nitrogens with zero attached hydrogens (tertiary/aromatic N) is 1. The molecule has 1 saturated carbocycles. The first-order chi connectivity index (χ1) is 7.47. The molecular weight excluding hydrogens is 252 g/mol. The van der Waals surface area contributed by atoms with Gasteiger partial charge in [0, 0.05) is 6.20 Å². The number of aliphatic hydroxyl groups excluding tert-OH is 1. The molecule has 0 aromatic carbocycles. The lowest BCUT2D eigenvalue weighted by Crippen LogP contribution is -2.39. The number of hydrogen-bond donors (Lipinski definition) is 2. The Morgan fingerprint density at radius 2 is 2.25 bits per heavy atom. The van der Waals surface area contributed by atoms with Gasteiger partial charge in [-0.3, -0.25) is 0 Å². The number of hydrogen-bond acceptors (Lipinski definition) is 4. The number of aromatic nitrogens is 1. The first-order valence-electron chi connectivity index (χ1n) is 4.74. The molecule has 16 heavy (non-hydrogen) atoms. The standard InChI is InChI=1S/C9H11ClN2O3S/c10-8-5-7(1-4-11-8)16(14,15)12-9(6-13)2-3-9/h1,4-5,12-13H,2-3,6H2. The molecule has 5 nitrogen and oxygen atoms in total. The molecule has 0 amide bonds. The molecular formula is C9H11ClN2O3S. The van der Waals surface area contributed by atoms with E-state index in [1.807, 2.05) is 0 Å². The third-order valence-corrected chi connectivity index (χ3v) is 4.30. The van der Waals surface area contributed by atoms with Crippen LogP contribution in [0.15, 0.2) is 23.2 Å². The highest BCUT2D eigenvalue weighted by Gasteiger charge is 2.45. The lowest BCUT2D eigenvalue weighted by atomic mass is 10.3. The van der Waals surface area contributed by atoms with Crippen LogP contribution in [0.5, 0.6) is 0 Å². The van der Waals surface area contributed by atoms with E-state index in [-0.39, 0.29) is 16.7 Å². The van der Waals surface area contributed by atoms with Crippen molar-refractivity contribution in [2.24, 2.45) is 0 Å². The van der Waals surface area contributed by atoms with E-state index in [9.17, 15) is 8.42 Å². The predicted molar refractivity (Wildman–Crippen MR) is 58.6 cm³/mol. The highest BCUT2D eigenvalue weighted by Crippen LogP contribution is 2.36. The normalized spacial score (nSPS) is 18.4. The molecule has 88 valence electrons. The second kappa shape index (κ2) is 3.96. The molecule has 0 unspecified atom stereocenters. The van der Waals surface area contributed by atoms with Crippen LogP contribution in [-0.2, 0) is 10.0 Å². The van der Waals surface area contributed by atoms with Crippen molar-refractivity contribution >= 4 is 21.6 Å². The molecule has 0 spiro atoms. The maximum absolute atomic E-state index is 11.9. The number of aliphatic hydroxyl groups is 1. The molecule has 0 aliphatic heterocycles. The average Bonchev–Trinajstić information content (AvgIpc) is 2.98. The molecule has 1 fully saturated rings. The third-order valence-electron chi connectivity index (χ3n) is 2.52. The van der Waals surface area contributed by atoms with Crippen LogP contribution in [0, 0.1) is 0 Å². The molecule has 7 heteroatoms. The maximum Gasteiger partial charge on any atom is 0.241 e. The van der Waals surface area contributed by atoms with Gasteiger partial charge in [0.15, 0.2) is 0 Å². The number of sulfonamides is 1. The van der Waals surface area contributed by atoms with E-state index in [0.29, 0.717) is 12.8 Å². The summed E-state index contributed by atoms with van der Waals surface area (Å²) >= 11 is 5.62.